The topological polar surface area (TPSA) is 51.7 Å². The fourth-order valence-electron chi connectivity index (χ4n) is 4.55. The summed E-state index contributed by atoms with van der Waals surface area (Å²) < 4.78 is 42.0. The maximum absolute atomic E-state index is 14.0. The van der Waals surface area contributed by atoms with Gasteiger partial charge in [0.15, 0.2) is 0 Å². The predicted octanol–water partition coefficient (Wildman–Crippen LogP) is 7.31. The highest BCUT2D eigenvalue weighted by Gasteiger charge is 2.34. The SMILES string of the molecule is C=CC(=C)N(/C=C\CCC)/C(C#Cc1cncc(C(=O)Nc2ccc(CN3CCN(C)CC3)c(C(F)(F)F)c2)c1)=C\C(C)C. The van der Waals surface area contributed by atoms with Crippen molar-refractivity contribution in [3.05, 3.63) is 108 Å². The average molecular weight is 606 g/mol. The van der Waals surface area contributed by atoms with Crippen LogP contribution in [0.3, 0.4) is 0 Å². The minimum Gasteiger partial charge on any atom is -0.322 e. The molecule has 1 aromatic heterocycles. The molecule has 3 rings (SSSR count). The number of halogens is 3. The van der Waals surface area contributed by atoms with Crippen LogP contribution in [0.25, 0.3) is 0 Å². The van der Waals surface area contributed by atoms with Crippen LogP contribution in [0.15, 0.2) is 85.6 Å². The van der Waals surface area contributed by atoms with Gasteiger partial charge in [-0.3, -0.25) is 14.7 Å². The molecule has 0 atom stereocenters. The molecular weight excluding hydrogens is 563 g/mol. The first-order chi connectivity index (χ1) is 20.9. The second-order valence-electron chi connectivity index (χ2n) is 11.2. The van der Waals surface area contributed by atoms with Crippen molar-refractivity contribution in [1.82, 2.24) is 19.7 Å². The van der Waals surface area contributed by atoms with Crippen molar-refractivity contribution in [1.29, 1.82) is 0 Å². The third-order valence-corrected chi connectivity index (χ3v) is 7.00. The number of piperazine rings is 1. The summed E-state index contributed by atoms with van der Waals surface area (Å²) in [7, 11) is 2.00. The summed E-state index contributed by atoms with van der Waals surface area (Å²) in [6.07, 6.45) is 7.85. The van der Waals surface area contributed by atoms with Crippen LogP contribution in [0.1, 0.15) is 60.7 Å². The Morgan fingerprint density at radius 1 is 1.18 bits per heavy atom. The Morgan fingerprint density at radius 2 is 1.91 bits per heavy atom. The first kappa shape index (κ1) is 34.4. The van der Waals surface area contributed by atoms with Gasteiger partial charge in [0, 0.05) is 68.3 Å². The number of nitrogens with zero attached hydrogens (tertiary/aromatic N) is 4. The Balaban J connectivity index is 1.83. The molecule has 0 radical (unpaired) electrons. The van der Waals surface area contributed by atoms with Gasteiger partial charge in [-0.2, -0.15) is 13.2 Å². The van der Waals surface area contributed by atoms with Crippen LogP contribution < -0.4 is 5.32 Å². The van der Waals surface area contributed by atoms with Crippen LogP contribution in [0.4, 0.5) is 18.9 Å². The lowest BCUT2D eigenvalue weighted by atomic mass is 10.0. The quantitative estimate of drug-likeness (QED) is 0.215. The number of anilines is 1. The van der Waals surface area contributed by atoms with E-state index in [9.17, 15) is 18.0 Å². The van der Waals surface area contributed by atoms with E-state index in [-0.39, 0.29) is 29.3 Å². The van der Waals surface area contributed by atoms with Crippen molar-refractivity contribution in [3.63, 3.8) is 0 Å². The first-order valence-electron chi connectivity index (χ1n) is 14.8. The summed E-state index contributed by atoms with van der Waals surface area (Å²) in [5, 5.41) is 2.60. The molecule has 1 N–H and O–H groups in total. The number of allylic oxidation sites excluding steroid dienone is 4. The van der Waals surface area contributed by atoms with Gasteiger partial charge in [-0.05, 0) is 61.2 Å². The summed E-state index contributed by atoms with van der Waals surface area (Å²) in [6.45, 7) is 17.3. The van der Waals surface area contributed by atoms with E-state index in [4.69, 9.17) is 0 Å². The van der Waals surface area contributed by atoms with Gasteiger partial charge in [0.1, 0.15) is 0 Å². The highest BCUT2D eigenvalue weighted by atomic mass is 19.4. The number of unbranched alkanes of at least 4 members (excludes halogenated alkanes) is 1. The van der Waals surface area contributed by atoms with Crippen LogP contribution >= 0.6 is 0 Å². The average Bonchev–Trinajstić information content (AvgIpc) is 2.98. The van der Waals surface area contributed by atoms with Gasteiger partial charge >= 0.3 is 6.18 Å². The number of aromatic nitrogens is 1. The lowest BCUT2D eigenvalue weighted by Gasteiger charge is -2.33. The first-order valence-corrected chi connectivity index (χ1v) is 14.8. The zero-order valence-corrected chi connectivity index (χ0v) is 26.0. The molecule has 0 spiro atoms. The normalized spacial score (nSPS) is 14.8. The van der Waals surface area contributed by atoms with Crippen LogP contribution in [0, 0.1) is 17.8 Å². The van der Waals surface area contributed by atoms with E-state index in [0.717, 1.165) is 32.0 Å². The van der Waals surface area contributed by atoms with E-state index in [1.165, 1.54) is 24.5 Å². The molecule has 6 nitrogen and oxygen atoms in total. The molecule has 0 bridgehead atoms. The number of benzene rings is 1. The third kappa shape index (κ3) is 10.2. The lowest BCUT2D eigenvalue weighted by molar-refractivity contribution is -0.138. The Bertz CT molecular complexity index is 1440. The summed E-state index contributed by atoms with van der Waals surface area (Å²) in [6, 6.07) is 5.51. The number of hydrogen-bond acceptors (Lipinski definition) is 5. The summed E-state index contributed by atoms with van der Waals surface area (Å²) in [4.78, 5) is 23.3. The molecule has 2 heterocycles. The molecule has 0 saturated carbocycles. The molecule has 234 valence electrons. The molecule has 9 heteroatoms. The van der Waals surface area contributed by atoms with Gasteiger partial charge in [0.25, 0.3) is 5.91 Å². The second kappa shape index (κ2) is 16.1. The molecule has 2 aromatic rings. The minimum atomic E-state index is -4.56. The number of carbonyl (C=O) groups is 1. The molecule has 1 saturated heterocycles. The Morgan fingerprint density at radius 3 is 2.55 bits per heavy atom. The molecule has 0 aliphatic carbocycles. The summed E-state index contributed by atoms with van der Waals surface area (Å²) >= 11 is 0. The van der Waals surface area contributed by atoms with Gasteiger partial charge in [-0.1, -0.05) is 58.4 Å². The largest absolute Gasteiger partial charge is 0.416 e. The Hall–Kier alpha value is -4.13. The second-order valence-corrected chi connectivity index (χ2v) is 11.2. The van der Waals surface area contributed by atoms with Crippen LogP contribution in [0.5, 0.6) is 0 Å². The number of pyridine rings is 1. The van der Waals surface area contributed by atoms with Crippen LogP contribution in [0.2, 0.25) is 0 Å². The maximum Gasteiger partial charge on any atom is 0.416 e. The van der Waals surface area contributed by atoms with E-state index >= 15 is 0 Å². The van der Waals surface area contributed by atoms with Crippen molar-refractivity contribution in [2.24, 2.45) is 5.92 Å². The summed E-state index contributed by atoms with van der Waals surface area (Å²) in [5.74, 6) is 5.85. The van der Waals surface area contributed by atoms with Crippen molar-refractivity contribution in [2.75, 3.05) is 38.5 Å². The number of amides is 1. The smallest absolute Gasteiger partial charge is 0.322 e. The number of hydrogen-bond donors (Lipinski definition) is 1. The van der Waals surface area contributed by atoms with E-state index in [2.05, 4.69) is 47.1 Å². The predicted molar refractivity (Wildman–Crippen MR) is 171 cm³/mol. The van der Waals surface area contributed by atoms with Crippen LogP contribution in [-0.4, -0.2) is 58.8 Å². The molecule has 1 amide bonds. The van der Waals surface area contributed by atoms with Crippen molar-refractivity contribution >= 4 is 11.6 Å². The maximum atomic E-state index is 14.0. The van der Waals surface area contributed by atoms with Crippen molar-refractivity contribution in [2.45, 2.75) is 46.3 Å². The number of carbonyl (C=O) groups excluding carboxylic acids is 1. The summed E-state index contributed by atoms with van der Waals surface area (Å²) in [5.41, 5.74) is 1.50. The van der Waals surface area contributed by atoms with Crippen molar-refractivity contribution < 1.29 is 18.0 Å². The molecule has 0 unspecified atom stereocenters. The molecule has 1 aliphatic heterocycles. The van der Waals surface area contributed by atoms with Gasteiger partial charge in [0.05, 0.1) is 16.8 Å². The fraction of sp³-hybridized carbons (Fsp3) is 0.371. The number of alkyl halides is 3. The zero-order chi connectivity index (χ0) is 32.3. The molecule has 1 aromatic carbocycles. The zero-order valence-electron chi connectivity index (χ0n) is 26.0. The van der Waals surface area contributed by atoms with E-state index in [1.54, 1.807) is 12.1 Å². The Kier molecular flexibility index (Phi) is 12.6. The molecule has 44 heavy (non-hydrogen) atoms. The van der Waals surface area contributed by atoms with Crippen molar-refractivity contribution in [3.8, 4) is 11.8 Å². The van der Waals surface area contributed by atoms with Gasteiger partial charge in [-0.15, -0.1) is 0 Å². The van der Waals surface area contributed by atoms with E-state index in [0.29, 0.717) is 30.0 Å². The van der Waals surface area contributed by atoms with E-state index < -0.39 is 17.6 Å². The highest BCUT2D eigenvalue weighted by molar-refractivity contribution is 6.04. The third-order valence-electron chi connectivity index (χ3n) is 7.00. The van der Waals surface area contributed by atoms with Gasteiger partial charge < -0.3 is 15.1 Å². The molecule has 1 fully saturated rings. The minimum absolute atomic E-state index is 0.0561. The lowest BCUT2D eigenvalue weighted by Crippen LogP contribution is -2.44. The highest BCUT2D eigenvalue weighted by Crippen LogP contribution is 2.34. The van der Waals surface area contributed by atoms with Crippen LogP contribution in [-0.2, 0) is 12.7 Å². The van der Waals surface area contributed by atoms with E-state index in [1.807, 2.05) is 49.0 Å². The van der Waals surface area contributed by atoms with Gasteiger partial charge in [0.2, 0.25) is 0 Å². The molecular formula is C35H42F3N5O. The number of likely N-dealkylation sites (N-methyl/N-ethyl adjacent to an activating group) is 1. The standard InChI is InChI=1S/C35H42F3N5O/c1-7-9-10-15-43(27(5)8-2)32(20-26(3)4)14-11-28-21-30(24-39-23-28)34(44)40-31-13-12-29(33(22-31)35(36,37)38)25-42-18-16-41(6)17-19-42/h8,10,12-13,15,20-24,26H,2,5,7,9,16-19,25H2,1,3-4,6H3,(H,40,44)/b15-10-,32-20-. The fourth-order valence-corrected chi connectivity index (χ4v) is 4.55. The Labute approximate surface area is 259 Å². The monoisotopic (exact) mass is 605 g/mol. The molecule has 1 aliphatic rings. The van der Waals surface area contributed by atoms with Gasteiger partial charge in [-0.25, -0.2) is 0 Å². The number of rotatable bonds is 11. The number of nitrogens with one attached hydrogen (secondary N) is 1.